The summed E-state index contributed by atoms with van der Waals surface area (Å²) in [5, 5.41) is 2.57. The zero-order chi connectivity index (χ0) is 33.3. The number of ether oxygens (including phenoxy) is 1. The first kappa shape index (κ1) is 54.1. The molecule has 0 amide bonds. The molecule has 3 rings (SSSR count). The summed E-state index contributed by atoms with van der Waals surface area (Å²) in [5.41, 5.74) is 0. The summed E-state index contributed by atoms with van der Waals surface area (Å²) in [6, 6.07) is 21.5. The predicted octanol–water partition coefficient (Wildman–Crippen LogP) is 5.08. The van der Waals surface area contributed by atoms with Gasteiger partial charge in [0.1, 0.15) is 6.10 Å². The Morgan fingerprint density at radius 3 is 1.48 bits per heavy atom. The normalized spacial score (nSPS) is 12.8. The van der Waals surface area contributed by atoms with E-state index in [2.05, 4.69) is 133 Å². The van der Waals surface area contributed by atoms with Gasteiger partial charge in [-0.05, 0) is 34.7 Å². The van der Waals surface area contributed by atoms with Crippen LogP contribution in [0.15, 0.2) is 60.7 Å². The Morgan fingerprint density at radius 1 is 0.682 bits per heavy atom. The van der Waals surface area contributed by atoms with E-state index < -0.39 is 8.32 Å². The minimum atomic E-state index is -2.51. The van der Waals surface area contributed by atoms with Crippen LogP contribution in [0, 0.1) is 51.7 Å². The first-order valence-electron chi connectivity index (χ1n) is 12.6. The Bertz CT molecular complexity index is 1000. The zero-order valence-corrected chi connectivity index (χ0v) is 28.0. The molecular weight excluding hydrogens is 670 g/mol. The predicted molar refractivity (Wildman–Crippen MR) is 152 cm³/mol. The number of rotatable bonds is 4. The molecule has 0 aliphatic carbocycles. The average molecular weight is 707 g/mol. The van der Waals surface area contributed by atoms with Gasteiger partial charge in [0, 0.05) is 40.2 Å². The Labute approximate surface area is 284 Å². The van der Waals surface area contributed by atoms with Gasteiger partial charge in [-0.25, -0.2) is 0 Å². The molecule has 2 radical (unpaired) electrons. The van der Waals surface area contributed by atoms with Crippen molar-refractivity contribution in [3.05, 3.63) is 101 Å². The summed E-state index contributed by atoms with van der Waals surface area (Å²) in [7, 11) is -2.51. The number of hydrogen-bond donors (Lipinski definition) is 0. The van der Waals surface area contributed by atoms with Gasteiger partial charge in [-0.3, -0.25) is 0 Å². The summed E-state index contributed by atoms with van der Waals surface area (Å²) in [5.74, 6) is 6.70. The molecule has 11 heteroatoms. The molecule has 0 bridgehead atoms. The number of hydrogen-bond acceptors (Lipinski definition) is 2. The monoisotopic (exact) mass is 706 g/mol. The summed E-state index contributed by atoms with van der Waals surface area (Å²) < 4.78 is 57.9. The van der Waals surface area contributed by atoms with E-state index in [1.54, 1.807) is 0 Å². The first-order chi connectivity index (χ1) is 20.5. The maximum Gasteiger partial charge on any atom is 0 e. The van der Waals surface area contributed by atoms with Gasteiger partial charge in [-0.2, -0.15) is 0 Å². The zero-order valence-electron chi connectivity index (χ0n) is 24.9. The second-order valence-electron chi connectivity index (χ2n) is 9.19. The molecule has 8 nitrogen and oxygen atoms in total. The third-order valence-electron chi connectivity index (χ3n) is 5.97. The van der Waals surface area contributed by atoms with Crippen LogP contribution in [0.3, 0.4) is 0 Å². The van der Waals surface area contributed by atoms with Crippen molar-refractivity contribution >= 4 is 18.7 Å². The molecule has 0 aromatic heterocycles. The molecule has 1 heterocycles. The van der Waals surface area contributed by atoms with E-state index in [1.807, 2.05) is 0 Å². The van der Waals surface area contributed by atoms with Crippen molar-refractivity contribution in [1.29, 1.82) is 0 Å². The molecule has 0 saturated carbocycles. The van der Waals surface area contributed by atoms with E-state index >= 15 is 0 Å². The van der Waals surface area contributed by atoms with Crippen LogP contribution in [0.5, 0.6) is 0 Å². The molecule has 1 aliphatic rings. The minimum absolute atomic E-state index is 0. The van der Waals surface area contributed by atoms with Crippen LogP contribution >= 0.6 is 0 Å². The van der Waals surface area contributed by atoms with E-state index in [0.29, 0.717) is 6.61 Å². The first-order valence-corrected chi connectivity index (χ1v) is 14.5. The molecular formula is C33H36Co2O8Si. The molecule has 0 N–H and O–H groups in total. The largest absolute Gasteiger partial charge is 0 e. The van der Waals surface area contributed by atoms with Crippen LogP contribution < -0.4 is 10.4 Å². The molecule has 1 unspecified atom stereocenters. The SMILES string of the molecule is CC(C)(C)[Si](OCC#CC1CCCCCCCO1)(c1ccccc1)c1ccccc1.[C-]#[O+].[C-]#[O+].[C-]#[O+].[C-]#[O+].[C-]#[O+].[C-]#[O+].[Co].[Co]. The third-order valence-corrected chi connectivity index (χ3v) is 11.0. The molecule has 1 aliphatic heterocycles. The third kappa shape index (κ3) is 20.5. The van der Waals surface area contributed by atoms with Crippen molar-refractivity contribution in [3.8, 4) is 11.8 Å². The van der Waals surface area contributed by atoms with Crippen LogP contribution in [-0.4, -0.2) is 27.6 Å². The van der Waals surface area contributed by atoms with Crippen LogP contribution in [-0.2, 0) is 70.6 Å². The Hall–Kier alpha value is -2.41. The van der Waals surface area contributed by atoms with Gasteiger partial charge < -0.3 is 9.16 Å². The van der Waals surface area contributed by atoms with Gasteiger partial charge in [0.05, 0.1) is 6.61 Å². The van der Waals surface area contributed by atoms with Gasteiger partial charge in [0.2, 0.25) is 0 Å². The molecule has 2 aromatic rings. The van der Waals surface area contributed by atoms with E-state index in [-0.39, 0.29) is 44.7 Å². The quantitative estimate of drug-likeness (QED) is 0.190. The second kappa shape index (κ2) is 38.6. The fraction of sp³-hybridized carbons (Fsp3) is 0.394. The van der Waals surface area contributed by atoms with Crippen LogP contribution in [0.2, 0.25) is 5.04 Å². The molecule has 1 fully saturated rings. The second-order valence-corrected chi connectivity index (χ2v) is 13.5. The summed E-state index contributed by atoms with van der Waals surface area (Å²) >= 11 is 0. The average Bonchev–Trinajstić information content (AvgIpc) is 3.21. The van der Waals surface area contributed by atoms with Crippen molar-refractivity contribution in [3.63, 3.8) is 0 Å². The summed E-state index contributed by atoms with van der Waals surface area (Å²) in [6.07, 6.45) is 7.32. The van der Waals surface area contributed by atoms with Crippen molar-refractivity contribution in [2.75, 3.05) is 13.2 Å². The fourth-order valence-corrected chi connectivity index (χ4v) is 8.89. The van der Waals surface area contributed by atoms with Crippen LogP contribution in [0.1, 0.15) is 59.3 Å². The maximum absolute atomic E-state index is 7.50. The molecule has 1 saturated heterocycles. The molecule has 44 heavy (non-hydrogen) atoms. The topological polar surface area (TPSA) is 138 Å². The van der Waals surface area contributed by atoms with E-state index in [0.717, 1.165) is 19.4 Å². The number of benzene rings is 2. The van der Waals surface area contributed by atoms with Gasteiger partial charge in [0.15, 0.2) is 0 Å². The smallest absolute Gasteiger partial charge is 0 e. The van der Waals surface area contributed by atoms with Crippen molar-refractivity contribution < 1.29 is 70.6 Å². The standard InChI is InChI=1S/C27H36O2Si.6CO.2Co/c1-27(2,3)30(25-18-10-7-11-19-25,26-20-12-8-13-21-26)29-23-15-17-24-16-9-5-4-6-14-22-28-24;6*1-2;;/h7-8,10-13,18-21,24H,4-6,9,14,16,22-23H2,1-3H3;;;;;;;;. The van der Waals surface area contributed by atoms with Crippen LogP contribution in [0.4, 0.5) is 0 Å². The van der Waals surface area contributed by atoms with E-state index in [1.165, 1.54) is 36.1 Å². The molecule has 2 aromatic carbocycles. The van der Waals surface area contributed by atoms with Gasteiger partial charge in [-0.15, -0.1) is 0 Å². The Morgan fingerprint density at radius 2 is 1.07 bits per heavy atom. The van der Waals surface area contributed by atoms with Gasteiger partial charge in [-0.1, -0.05) is 113 Å². The minimum Gasteiger partial charge on any atom is 0 e. The van der Waals surface area contributed by atoms with Crippen molar-refractivity contribution in [1.82, 2.24) is 0 Å². The molecule has 1 atom stereocenters. The van der Waals surface area contributed by atoms with E-state index in [4.69, 9.17) is 37.1 Å². The van der Waals surface area contributed by atoms with E-state index in [9.17, 15) is 0 Å². The Kier molecular flexibility index (Phi) is 47.5. The van der Waals surface area contributed by atoms with Crippen molar-refractivity contribution in [2.45, 2.75) is 70.4 Å². The Balaban J connectivity index is -0.000000231. The van der Waals surface area contributed by atoms with Gasteiger partial charge >= 0.3 is 67.8 Å². The van der Waals surface area contributed by atoms with Crippen LogP contribution in [0.25, 0.3) is 0 Å². The van der Waals surface area contributed by atoms with Gasteiger partial charge in [0.25, 0.3) is 8.32 Å². The van der Waals surface area contributed by atoms with Crippen molar-refractivity contribution in [2.24, 2.45) is 0 Å². The molecule has 0 spiro atoms. The maximum atomic E-state index is 7.50. The molecule has 238 valence electrons. The summed E-state index contributed by atoms with van der Waals surface area (Å²) in [4.78, 5) is 0. The summed E-state index contributed by atoms with van der Waals surface area (Å²) in [6.45, 7) is 35.2. The fourth-order valence-electron chi connectivity index (χ4n) is 4.45.